The van der Waals surface area contributed by atoms with Crippen LogP contribution in [-0.2, 0) is 6.54 Å². The molecule has 0 unspecified atom stereocenters. The average Bonchev–Trinajstić information content (AvgIpc) is 3.28. The Bertz CT molecular complexity index is 1130. The Labute approximate surface area is 160 Å². The van der Waals surface area contributed by atoms with Gasteiger partial charge in [-0.25, -0.2) is 9.67 Å². The minimum absolute atomic E-state index is 0.205. The van der Waals surface area contributed by atoms with Crippen LogP contribution in [0.5, 0.6) is 0 Å². The topological polar surface area (TPSA) is 73.0 Å². The average molecular weight is 381 g/mol. The summed E-state index contributed by atoms with van der Waals surface area (Å²) in [5.41, 5.74) is 3.28. The van der Waals surface area contributed by atoms with Crippen LogP contribution in [0.4, 0.5) is 0 Å². The van der Waals surface area contributed by atoms with Gasteiger partial charge in [0.1, 0.15) is 5.76 Å². The predicted molar refractivity (Wildman–Crippen MR) is 103 cm³/mol. The second kappa shape index (κ2) is 6.89. The summed E-state index contributed by atoms with van der Waals surface area (Å²) in [5, 5.41) is 8.74. The molecular formula is C20H17ClN4O2. The molecule has 0 aliphatic rings. The Morgan fingerprint density at radius 3 is 2.78 bits per heavy atom. The summed E-state index contributed by atoms with van der Waals surface area (Å²) in [4.78, 5) is 17.4. The van der Waals surface area contributed by atoms with Crippen molar-refractivity contribution in [3.8, 4) is 5.69 Å². The molecule has 4 rings (SSSR count). The number of furan rings is 1. The lowest BCUT2D eigenvalue weighted by Crippen LogP contribution is -2.23. The molecule has 0 aliphatic heterocycles. The second-order valence-corrected chi connectivity index (χ2v) is 6.63. The SMILES string of the molecule is Cc1cc(C(=O)NCc2ccco2)c2c(C)nn(-c3ccccc3Cl)c2n1. The first-order chi connectivity index (χ1) is 13.0. The number of amides is 1. The zero-order valence-corrected chi connectivity index (χ0v) is 15.6. The number of aromatic nitrogens is 3. The van der Waals surface area contributed by atoms with Gasteiger partial charge in [-0.2, -0.15) is 5.10 Å². The van der Waals surface area contributed by atoms with Crippen LogP contribution in [0, 0.1) is 13.8 Å². The molecule has 3 aromatic heterocycles. The molecule has 0 aliphatic carbocycles. The van der Waals surface area contributed by atoms with E-state index in [-0.39, 0.29) is 5.91 Å². The van der Waals surface area contributed by atoms with Gasteiger partial charge in [-0.05, 0) is 44.2 Å². The highest BCUT2D eigenvalue weighted by Crippen LogP contribution is 2.27. The quantitative estimate of drug-likeness (QED) is 0.575. The number of nitrogens with zero attached hydrogens (tertiary/aromatic N) is 3. The van der Waals surface area contributed by atoms with Gasteiger partial charge in [0, 0.05) is 5.69 Å². The molecule has 0 radical (unpaired) electrons. The molecule has 1 aromatic carbocycles. The van der Waals surface area contributed by atoms with E-state index < -0.39 is 0 Å². The van der Waals surface area contributed by atoms with E-state index >= 15 is 0 Å². The third-order valence-corrected chi connectivity index (χ3v) is 4.59. The van der Waals surface area contributed by atoms with Gasteiger partial charge in [0.05, 0.1) is 40.2 Å². The Morgan fingerprint density at radius 2 is 2.04 bits per heavy atom. The van der Waals surface area contributed by atoms with Gasteiger partial charge < -0.3 is 9.73 Å². The molecule has 3 heterocycles. The number of pyridine rings is 1. The molecule has 0 spiro atoms. The summed E-state index contributed by atoms with van der Waals surface area (Å²) in [5.74, 6) is 0.484. The highest BCUT2D eigenvalue weighted by Gasteiger charge is 2.20. The lowest BCUT2D eigenvalue weighted by atomic mass is 10.1. The van der Waals surface area contributed by atoms with E-state index in [0.29, 0.717) is 39.6 Å². The molecule has 4 aromatic rings. The number of hydrogen-bond acceptors (Lipinski definition) is 4. The number of halogens is 1. The Hall–Kier alpha value is -3.12. The first kappa shape index (κ1) is 17.3. The Kier molecular flexibility index (Phi) is 4.41. The minimum atomic E-state index is -0.205. The molecule has 0 fully saturated rings. The zero-order valence-electron chi connectivity index (χ0n) is 14.9. The van der Waals surface area contributed by atoms with Crippen LogP contribution >= 0.6 is 11.6 Å². The number of rotatable bonds is 4. The predicted octanol–water partition coefficient (Wildman–Crippen LogP) is 4.21. The molecule has 0 saturated carbocycles. The van der Waals surface area contributed by atoms with Crippen molar-refractivity contribution in [2.45, 2.75) is 20.4 Å². The largest absolute Gasteiger partial charge is 0.467 e. The first-order valence-electron chi connectivity index (χ1n) is 8.47. The van der Waals surface area contributed by atoms with Crippen molar-refractivity contribution in [2.75, 3.05) is 0 Å². The number of carbonyl (C=O) groups is 1. The van der Waals surface area contributed by atoms with Gasteiger partial charge in [-0.1, -0.05) is 23.7 Å². The van der Waals surface area contributed by atoms with Crippen molar-refractivity contribution in [1.82, 2.24) is 20.1 Å². The van der Waals surface area contributed by atoms with Gasteiger partial charge >= 0.3 is 0 Å². The monoisotopic (exact) mass is 380 g/mol. The van der Waals surface area contributed by atoms with E-state index in [4.69, 9.17) is 16.0 Å². The van der Waals surface area contributed by atoms with Crippen molar-refractivity contribution in [3.63, 3.8) is 0 Å². The smallest absolute Gasteiger partial charge is 0.252 e. The summed E-state index contributed by atoms with van der Waals surface area (Å²) in [6.07, 6.45) is 1.58. The molecule has 0 atom stereocenters. The van der Waals surface area contributed by atoms with Gasteiger partial charge in [0.25, 0.3) is 5.91 Å². The van der Waals surface area contributed by atoms with E-state index in [1.807, 2.05) is 38.1 Å². The van der Waals surface area contributed by atoms with E-state index in [1.54, 1.807) is 29.1 Å². The Balaban J connectivity index is 1.80. The molecule has 27 heavy (non-hydrogen) atoms. The molecule has 7 heteroatoms. The van der Waals surface area contributed by atoms with Crippen molar-refractivity contribution in [1.29, 1.82) is 0 Å². The maximum absolute atomic E-state index is 12.8. The summed E-state index contributed by atoms with van der Waals surface area (Å²) in [7, 11) is 0. The van der Waals surface area contributed by atoms with Crippen LogP contribution in [0.15, 0.2) is 53.1 Å². The molecule has 6 nitrogen and oxygen atoms in total. The van der Waals surface area contributed by atoms with E-state index in [1.165, 1.54) is 0 Å². The van der Waals surface area contributed by atoms with Crippen molar-refractivity contribution >= 4 is 28.5 Å². The standard InChI is InChI=1S/C20H17ClN4O2/c1-12-10-15(20(26)22-11-14-6-5-9-27-14)18-13(2)24-25(19(18)23-12)17-8-4-3-7-16(17)21/h3-10H,11H2,1-2H3,(H,22,26). The summed E-state index contributed by atoms with van der Waals surface area (Å²) < 4.78 is 6.96. The maximum Gasteiger partial charge on any atom is 0.252 e. The lowest BCUT2D eigenvalue weighted by molar-refractivity contribution is 0.0949. The molecule has 1 N–H and O–H groups in total. The van der Waals surface area contributed by atoms with Gasteiger partial charge in [-0.3, -0.25) is 4.79 Å². The number of nitrogens with one attached hydrogen (secondary N) is 1. The van der Waals surface area contributed by atoms with Crippen LogP contribution in [0.3, 0.4) is 0 Å². The van der Waals surface area contributed by atoms with Crippen LogP contribution in [0.1, 0.15) is 27.5 Å². The fourth-order valence-electron chi connectivity index (χ4n) is 3.06. The number of para-hydroxylation sites is 1. The second-order valence-electron chi connectivity index (χ2n) is 6.22. The first-order valence-corrected chi connectivity index (χ1v) is 8.85. The third-order valence-electron chi connectivity index (χ3n) is 4.27. The van der Waals surface area contributed by atoms with Gasteiger partial charge in [-0.15, -0.1) is 0 Å². The highest BCUT2D eigenvalue weighted by molar-refractivity contribution is 6.32. The fraction of sp³-hybridized carbons (Fsp3) is 0.150. The molecule has 1 amide bonds. The number of carbonyl (C=O) groups excluding carboxylic acids is 1. The highest BCUT2D eigenvalue weighted by atomic mass is 35.5. The Morgan fingerprint density at radius 1 is 1.22 bits per heavy atom. The summed E-state index contributed by atoms with van der Waals surface area (Å²) in [6.45, 7) is 4.02. The molecular weight excluding hydrogens is 364 g/mol. The molecule has 0 saturated heterocycles. The lowest BCUT2D eigenvalue weighted by Gasteiger charge is -2.08. The fourth-order valence-corrected chi connectivity index (χ4v) is 3.28. The van der Waals surface area contributed by atoms with Crippen LogP contribution in [0.25, 0.3) is 16.7 Å². The van der Waals surface area contributed by atoms with Crippen molar-refractivity contribution in [3.05, 3.63) is 76.5 Å². The maximum atomic E-state index is 12.8. The van der Waals surface area contributed by atoms with Crippen LogP contribution < -0.4 is 5.32 Å². The number of fused-ring (bicyclic) bond motifs is 1. The normalized spacial score (nSPS) is 11.1. The van der Waals surface area contributed by atoms with Gasteiger partial charge in [0.15, 0.2) is 5.65 Å². The summed E-state index contributed by atoms with van der Waals surface area (Å²) in [6, 6.07) is 12.8. The van der Waals surface area contributed by atoms with Crippen molar-refractivity contribution < 1.29 is 9.21 Å². The van der Waals surface area contributed by atoms with Crippen molar-refractivity contribution in [2.24, 2.45) is 0 Å². The number of hydrogen-bond donors (Lipinski definition) is 1. The van der Waals surface area contributed by atoms with E-state index in [0.717, 1.165) is 11.4 Å². The third kappa shape index (κ3) is 3.19. The zero-order chi connectivity index (χ0) is 19.0. The van der Waals surface area contributed by atoms with E-state index in [9.17, 15) is 4.79 Å². The molecule has 136 valence electrons. The van der Waals surface area contributed by atoms with E-state index in [2.05, 4.69) is 15.4 Å². The number of benzene rings is 1. The van der Waals surface area contributed by atoms with Crippen LogP contribution in [-0.4, -0.2) is 20.7 Å². The van der Waals surface area contributed by atoms with Crippen LogP contribution in [0.2, 0.25) is 5.02 Å². The number of aryl methyl sites for hydroxylation is 2. The minimum Gasteiger partial charge on any atom is -0.467 e. The summed E-state index contributed by atoms with van der Waals surface area (Å²) >= 11 is 6.34. The molecule has 0 bridgehead atoms. The van der Waals surface area contributed by atoms with Gasteiger partial charge in [0.2, 0.25) is 0 Å².